The van der Waals surface area contributed by atoms with Gasteiger partial charge in [0.1, 0.15) is 0 Å². The monoisotopic (exact) mass is 116 g/mol. The molecule has 0 aromatic heterocycles. The van der Waals surface area contributed by atoms with Gasteiger partial charge in [-0.3, -0.25) is 0 Å². The Hall–Kier alpha value is 1.33. The van der Waals surface area contributed by atoms with Crippen LogP contribution in [0.2, 0.25) is 0 Å². The molecule has 0 atom stereocenters. The van der Waals surface area contributed by atoms with Crippen LogP contribution < -0.4 is 11.5 Å². The molecular formula is CH5KN2S. The third kappa shape index (κ3) is 33.5. The summed E-state index contributed by atoms with van der Waals surface area (Å²) < 4.78 is 0. The number of rotatable bonds is 0. The maximum absolute atomic E-state index is 4.62. The van der Waals surface area contributed by atoms with Crippen LogP contribution in [0.4, 0.5) is 0 Å². The first kappa shape index (κ1) is 9.59. The van der Waals surface area contributed by atoms with Crippen LogP contribution in [0.1, 0.15) is 0 Å². The molecule has 0 heterocycles. The zero-order valence-corrected chi connectivity index (χ0v) is 2.88. The van der Waals surface area contributed by atoms with Gasteiger partial charge < -0.3 is 11.5 Å². The summed E-state index contributed by atoms with van der Waals surface area (Å²) >= 11 is 4.09. The van der Waals surface area contributed by atoms with E-state index in [2.05, 4.69) is 23.7 Å². The van der Waals surface area contributed by atoms with Gasteiger partial charge in [0.25, 0.3) is 0 Å². The van der Waals surface area contributed by atoms with Gasteiger partial charge in [-0.05, 0) is 12.2 Å². The van der Waals surface area contributed by atoms with Crippen molar-refractivity contribution in [2.75, 3.05) is 0 Å². The van der Waals surface area contributed by atoms with Gasteiger partial charge in [-0.2, -0.15) is 0 Å². The molecule has 0 saturated carbocycles. The fourth-order valence-electron chi connectivity index (χ4n) is 0. The quantitative estimate of drug-likeness (QED) is 0.300. The molecule has 0 aromatic rings. The predicted octanol–water partition coefficient (Wildman–Crippen LogP) is -1.46. The SMILES string of the molecule is NC(N)=S.[KH]. The molecule has 0 aromatic carbocycles. The van der Waals surface area contributed by atoms with E-state index in [1.807, 2.05) is 0 Å². The van der Waals surface area contributed by atoms with E-state index in [1.54, 1.807) is 0 Å². The van der Waals surface area contributed by atoms with E-state index in [0.29, 0.717) is 0 Å². The summed E-state index contributed by atoms with van der Waals surface area (Å²) in [5.74, 6) is 0. The summed E-state index contributed by atoms with van der Waals surface area (Å²) in [6.07, 6.45) is 0. The zero-order valence-electron chi connectivity index (χ0n) is 2.06. The molecule has 0 spiro atoms. The Balaban J connectivity index is 0. The van der Waals surface area contributed by atoms with Gasteiger partial charge in [0, 0.05) is 0 Å². The van der Waals surface area contributed by atoms with Crippen LogP contribution in [0, 0.1) is 0 Å². The summed E-state index contributed by atoms with van der Waals surface area (Å²) in [5.41, 5.74) is 9.24. The molecule has 4 heteroatoms. The molecule has 0 unspecified atom stereocenters. The second kappa shape index (κ2) is 5.33. The van der Waals surface area contributed by atoms with Crippen molar-refractivity contribution in [1.29, 1.82) is 0 Å². The zero-order chi connectivity index (χ0) is 3.58. The van der Waals surface area contributed by atoms with E-state index in [-0.39, 0.29) is 56.5 Å². The van der Waals surface area contributed by atoms with Crippen LogP contribution in [0.15, 0.2) is 0 Å². The summed E-state index contributed by atoms with van der Waals surface area (Å²) in [4.78, 5) is 0. The molecule has 0 aliphatic carbocycles. The average molecular weight is 116 g/mol. The Morgan fingerprint density at radius 1 is 1.40 bits per heavy atom. The molecule has 0 radical (unpaired) electrons. The first-order chi connectivity index (χ1) is 1.73. The van der Waals surface area contributed by atoms with Gasteiger partial charge >= 0.3 is 51.4 Å². The van der Waals surface area contributed by atoms with Crippen molar-refractivity contribution in [3.05, 3.63) is 0 Å². The summed E-state index contributed by atoms with van der Waals surface area (Å²) in [6.45, 7) is 0. The van der Waals surface area contributed by atoms with E-state index in [0.717, 1.165) is 0 Å². The molecule has 4 N–H and O–H groups in total. The fraction of sp³-hybridized carbons (Fsp3) is 0. The van der Waals surface area contributed by atoms with Crippen molar-refractivity contribution in [3.63, 3.8) is 0 Å². The van der Waals surface area contributed by atoms with Crippen LogP contribution in [-0.4, -0.2) is 56.5 Å². The molecule has 26 valence electrons. The van der Waals surface area contributed by atoms with E-state index in [1.165, 1.54) is 0 Å². The summed E-state index contributed by atoms with van der Waals surface area (Å²) in [6, 6.07) is 0. The van der Waals surface area contributed by atoms with Crippen LogP contribution in [0.3, 0.4) is 0 Å². The van der Waals surface area contributed by atoms with E-state index in [9.17, 15) is 0 Å². The van der Waals surface area contributed by atoms with Crippen LogP contribution >= 0.6 is 12.2 Å². The number of hydrogen-bond donors (Lipinski definition) is 2. The first-order valence-electron chi connectivity index (χ1n) is 0.781. The van der Waals surface area contributed by atoms with Crippen molar-refractivity contribution in [2.45, 2.75) is 0 Å². The van der Waals surface area contributed by atoms with Gasteiger partial charge in [0.2, 0.25) is 0 Å². The number of thiocarbonyl (C=S) groups is 1. The van der Waals surface area contributed by atoms with Gasteiger partial charge in [0.05, 0.1) is 0 Å². The minimum absolute atomic E-state index is 0. The second-order valence-corrected chi connectivity index (χ2v) is 0.874. The molecule has 0 aliphatic heterocycles. The van der Waals surface area contributed by atoms with E-state index >= 15 is 0 Å². The van der Waals surface area contributed by atoms with Crippen LogP contribution in [0.25, 0.3) is 0 Å². The van der Waals surface area contributed by atoms with Gasteiger partial charge in [-0.1, -0.05) is 0 Å². The topological polar surface area (TPSA) is 52.0 Å². The van der Waals surface area contributed by atoms with Gasteiger partial charge in [0.15, 0.2) is 5.11 Å². The Labute approximate surface area is 78.7 Å². The predicted molar refractivity (Wildman–Crippen MR) is 28.1 cm³/mol. The first-order valence-corrected chi connectivity index (χ1v) is 1.19. The molecule has 0 fully saturated rings. The standard InChI is InChI=1S/CH4N2S.K.H/c2-1(3)4;;/h(H4,2,3,4);;. The van der Waals surface area contributed by atoms with Crippen molar-refractivity contribution in [2.24, 2.45) is 11.5 Å². The molecule has 0 aliphatic rings. The third-order valence-corrected chi connectivity index (χ3v) is 0. The van der Waals surface area contributed by atoms with Crippen molar-refractivity contribution in [1.82, 2.24) is 0 Å². The third-order valence-electron chi connectivity index (χ3n) is 0. The minimum atomic E-state index is 0. The molecular weight excluding hydrogens is 111 g/mol. The van der Waals surface area contributed by atoms with E-state index in [4.69, 9.17) is 0 Å². The molecule has 0 bridgehead atoms. The maximum atomic E-state index is 4.62. The van der Waals surface area contributed by atoms with Crippen molar-refractivity contribution in [3.8, 4) is 0 Å². The Kier molecular flexibility index (Phi) is 10.2. The summed E-state index contributed by atoms with van der Waals surface area (Å²) in [5, 5.41) is 0.000000000000000222. The number of nitrogens with two attached hydrogens (primary N) is 2. The Bertz CT molecular complexity index is 32.6. The Morgan fingerprint density at radius 2 is 1.40 bits per heavy atom. The van der Waals surface area contributed by atoms with Gasteiger partial charge in [-0.15, -0.1) is 0 Å². The fourth-order valence-corrected chi connectivity index (χ4v) is 0. The average Bonchev–Trinajstić information content (AvgIpc) is 0.811. The molecule has 0 saturated heterocycles. The second-order valence-electron chi connectivity index (χ2n) is 0.402. The van der Waals surface area contributed by atoms with Crippen LogP contribution in [-0.2, 0) is 0 Å². The van der Waals surface area contributed by atoms with Crippen LogP contribution in [0.5, 0.6) is 0 Å². The normalized spacial score (nSPS) is 4.80. The van der Waals surface area contributed by atoms with E-state index < -0.39 is 0 Å². The molecule has 0 rings (SSSR count). The Morgan fingerprint density at radius 3 is 1.40 bits per heavy atom. The van der Waals surface area contributed by atoms with Crippen molar-refractivity contribution >= 4 is 68.7 Å². The molecule has 5 heavy (non-hydrogen) atoms. The number of hydrogen-bond acceptors (Lipinski definition) is 1. The molecule has 2 nitrogen and oxygen atoms in total. The van der Waals surface area contributed by atoms with Crippen molar-refractivity contribution < 1.29 is 0 Å². The summed E-state index contributed by atoms with van der Waals surface area (Å²) in [7, 11) is 0. The molecule has 0 amide bonds. The van der Waals surface area contributed by atoms with Gasteiger partial charge in [-0.25, -0.2) is 0 Å².